The van der Waals surface area contributed by atoms with Crippen LogP contribution in [-0.4, -0.2) is 49.7 Å². The van der Waals surface area contributed by atoms with Gasteiger partial charge in [-0.15, -0.1) is 11.3 Å². The number of fused-ring (bicyclic) bond motifs is 2. The number of para-hydroxylation sites is 2. The van der Waals surface area contributed by atoms with Crippen molar-refractivity contribution in [1.29, 1.82) is 0 Å². The molecule has 1 aliphatic heterocycles. The highest BCUT2D eigenvalue weighted by Crippen LogP contribution is 2.24. The maximum atomic E-state index is 13.4. The molecule has 10 heteroatoms. The number of hydrogen-bond donors (Lipinski definition) is 2. The zero-order valence-corrected chi connectivity index (χ0v) is 22.7. The van der Waals surface area contributed by atoms with Gasteiger partial charge in [-0.1, -0.05) is 24.3 Å². The summed E-state index contributed by atoms with van der Waals surface area (Å²) in [4.78, 5) is 25.4. The van der Waals surface area contributed by atoms with Gasteiger partial charge in [-0.2, -0.15) is 0 Å². The van der Waals surface area contributed by atoms with Gasteiger partial charge in [0, 0.05) is 37.1 Å². The van der Waals surface area contributed by atoms with Crippen LogP contribution >= 0.6 is 23.6 Å². The van der Waals surface area contributed by atoms with Crippen LogP contribution < -0.4 is 10.9 Å². The fourth-order valence-corrected chi connectivity index (χ4v) is 6.46. The lowest BCUT2D eigenvalue weighted by Gasteiger charge is -2.32. The summed E-state index contributed by atoms with van der Waals surface area (Å²) in [6.07, 6.45) is 1.95. The largest absolute Gasteiger partial charge is 0.353 e. The van der Waals surface area contributed by atoms with Crippen molar-refractivity contribution in [2.24, 2.45) is 0 Å². The summed E-state index contributed by atoms with van der Waals surface area (Å²) in [7, 11) is 0. The molecule has 0 amide bonds. The maximum absolute atomic E-state index is 13.4. The number of piperidine rings is 1. The smallest absolute Gasteiger partial charge is 0.263 e. The molecule has 0 unspecified atom stereocenters. The van der Waals surface area contributed by atoms with Crippen molar-refractivity contribution in [3.63, 3.8) is 0 Å². The number of aromatic nitrogens is 4. The predicted octanol–water partition coefficient (Wildman–Crippen LogP) is 5.54. The third kappa shape index (κ3) is 5.03. The van der Waals surface area contributed by atoms with Crippen molar-refractivity contribution in [1.82, 2.24) is 24.0 Å². The minimum absolute atomic E-state index is 0.00953. The summed E-state index contributed by atoms with van der Waals surface area (Å²) in [5, 5.41) is 4.40. The van der Waals surface area contributed by atoms with Gasteiger partial charge in [0.2, 0.25) is 5.95 Å². The molecule has 0 radical (unpaired) electrons. The lowest BCUT2D eigenvalue weighted by Crippen LogP contribution is -2.41. The monoisotopic (exact) mass is 548 g/mol. The molecule has 0 atom stereocenters. The van der Waals surface area contributed by atoms with Crippen LogP contribution in [0.4, 0.5) is 10.3 Å². The van der Waals surface area contributed by atoms with Crippen LogP contribution in [0.5, 0.6) is 0 Å². The van der Waals surface area contributed by atoms with E-state index in [0.29, 0.717) is 29.3 Å². The molecule has 0 spiro atoms. The quantitative estimate of drug-likeness (QED) is 0.261. The summed E-state index contributed by atoms with van der Waals surface area (Å²) in [5.41, 5.74) is 3.01. The molecule has 2 N–H and O–H groups in total. The van der Waals surface area contributed by atoms with Crippen LogP contribution in [0, 0.1) is 17.5 Å². The Morgan fingerprint density at radius 3 is 2.66 bits per heavy atom. The number of anilines is 1. The van der Waals surface area contributed by atoms with E-state index in [2.05, 4.69) is 25.8 Å². The molecule has 38 heavy (non-hydrogen) atoms. The molecular weight excluding hydrogens is 519 g/mol. The molecule has 7 nitrogen and oxygen atoms in total. The van der Waals surface area contributed by atoms with E-state index in [1.165, 1.54) is 12.1 Å². The SMILES string of the molecule is Cc1cc2c(=O)n(CCN3CCC(Nc4nc5ccccc5n4Cc4ccc(F)cc4)CC3)c(=S)[nH]c2s1. The van der Waals surface area contributed by atoms with Gasteiger partial charge >= 0.3 is 0 Å². The van der Waals surface area contributed by atoms with Crippen molar-refractivity contribution >= 4 is 50.8 Å². The van der Waals surface area contributed by atoms with Gasteiger partial charge in [-0.05, 0) is 67.9 Å². The van der Waals surface area contributed by atoms with Crippen molar-refractivity contribution in [3.05, 3.63) is 86.0 Å². The van der Waals surface area contributed by atoms with E-state index in [-0.39, 0.29) is 11.4 Å². The van der Waals surface area contributed by atoms with Crippen molar-refractivity contribution < 1.29 is 4.39 Å². The number of aryl methyl sites for hydroxylation is 1. The van der Waals surface area contributed by atoms with Crippen LogP contribution in [0.15, 0.2) is 59.4 Å². The summed E-state index contributed by atoms with van der Waals surface area (Å²) < 4.78 is 17.8. The number of rotatable bonds is 7. The third-order valence-corrected chi connectivity index (χ3v) is 8.55. The van der Waals surface area contributed by atoms with E-state index in [0.717, 1.165) is 64.7 Å². The molecule has 1 aliphatic rings. The number of H-pyrrole nitrogens is 1. The molecule has 5 aromatic rings. The zero-order valence-electron chi connectivity index (χ0n) is 21.1. The van der Waals surface area contributed by atoms with Gasteiger partial charge in [0.1, 0.15) is 10.6 Å². The second-order valence-electron chi connectivity index (χ2n) is 9.88. The van der Waals surface area contributed by atoms with E-state index in [4.69, 9.17) is 17.2 Å². The summed E-state index contributed by atoms with van der Waals surface area (Å²) >= 11 is 7.05. The fourth-order valence-electron chi connectivity index (χ4n) is 5.21. The number of benzene rings is 2. The molecule has 1 saturated heterocycles. The first-order chi connectivity index (χ1) is 18.4. The van der Waals surface area contributed by atoms with Gasteiger partial charge in [-0.25, -0.2) is 9.37 Å². The molecule has 4 heterocycles. The lowest BCUT2D eigenvalue weighted by molar-refractivity contribution is 0.210. The van der Waals surface area contributed by atoms with Gasteiger partial charge in [0.15, 0.2) is 4.77 Å². The highest BCUT2D eigenvalue weighted by molar-refractivity contribution is 7.71. The normalized spacial score (nSPS) is 15.0. The number of hydrogen-bond acceptors (Lipinski definition) is 6. The molecule has 2 aromatic carbocycles. The first kappa shape index (κ1) is 25.0. The second-order valence-corrected chi connectivity index (χ2v) is 11.5. The number of thiophene rings is 1. The Kier molecular flexibility index (Phi) is 6.86. The number of aromatic amines is 1. The summed E-state index contributed by atoms with van der Waals surface area (Å²) in [5.74, 6) is 0.606. The Bertz CT molecular complexity index is 1710. The molecule has 3 aromatic heterocycles. The van der Waals surface area contributed by atoms with E-state index < -0.39 is 0 Å². The number of halogens is 1. The minimum atomic E-state index is -0.233. The Morgan fingerprint density at radius 1 is 1.11 bits per heavy atom. The topological polar surface area (TPSA) is 70.9 Å². The second kappa shape index (κ2) is 10.4. The van der Waals surface area contributed by atoms with Crippen molar-refractivity contribution in [2.75, 3.05) is 25.0 Å². The molecule has 0 aliphatic carbocycles. The van der Waals surface area contributed by atoms with E-state index in [1.807, 2.05) is 43.3 Å². The number of nitrogens with zero attached hydrogens (tertiary/aromatic N) is 4. The highest BCUT2D eigenvalue weighted by atomic mass is 32.1. The van der Waals surface area contributed by atoms with Crippen LogP contribution in [0.1, 0.15) is 23.3 Å². The van der Waals surface area contributed by atoms with Gasteiger partial charge < -0.3 is 19.8 Å². The van der Waals surface area contributed by atoms with Gasteiger partial charge in [0.05, 0.1) is 23.0 Å². The number of nitrogens with one attached hydrogen (secondary N) is 2. The van der Waals surface area contributed by atoms with E-state index in [1.54, 1.807) is 15.9 Å². The zero-order chi connectivity index (χ0) is 26.2. The predicted molar refractivity (Wildman–Crippen MR) is 154 cm³/mol. The molecule has 0 bridgehead atoms. The first-order valence-corrected chi connectivity index (χ1v) is 14.1. The van der Waals surface area contributed by atoms with Crippen molar-refractivity contribution in [2.45, 2.75) is 38.9 Å². The molecule has 6 rings (SSSR count). The van der Waals surface area contributed by atoms with Crippen molar-refractivity contribution in [3.8, 4) is 0 Å². The average molecular weight is 549 g/mol. The lowest BCUT2D eigenvalue weighted by atomic mass is 10.1. The highest BCUT2D eigenvalue weighted by Gasteiger charge is 2.22. The Hall–Kier alpha value is -3.34. The third-order valence-electron chi connectivity index (χ3n) is 7.27. The van der Waals surface area contributed by atoms with Gasteiger partial charge in [-0.3, -0.25) is 9.36 Å². The molecular formula is C28H29FN6OS2. The van der Waals surface area contributed by atoms with Gasteiger partial charge in [0.25, 0.3) is 5.56 Å². The molecule has 0 saturated carbocycles. The number of imidazole rings is 1. The Labute approximate surface area is 228 Å². The van der Waals surface area contributed by atoms with Crippen LogP contribution in [0.3, 0.4) is 0 Å². The van der Waals surface area contributed by atoms with Crippen LogP contribution in [0.2, 0.25) is 0 Å². The fraction of sp³-hybridized carbons (Fsp3) is 0.321. The van der Waals surface area contributed by atoms with Crippen LogP contribution in [-0.2, 0) is 13.1 Å². The van der Waals surface area contributed by atoms with Crippen LogP contribution in [0.25, 0.3) is 21.3 Å². The molecule has 196 valence electrons. The first-order valence-electron chi connectivity index (χ1n) is 12.9. The summed E-state index contributed by atoms with van der Waals surface area (Å²) in [6, 6.07) is 17.0. The Balaban J connectivity index is 1.12. The molecule has 1 fully saturated rings. The number of likely N-dealkylation sites (tertiary alicyclic amines) is 1. The summed E-state index contributed by atoms with van der Waals surface area (Å²) in [6.45, 7) is 5.83. The standard InChI is InChI=1S/C28H29FN6OS2/c1-18-16-22-25(38-18)32-28(37)34(26(22)36)15-14-33-12-10-21(11-13-33)30-27-31-23-4-2-3-5-24(23)35(27)17-19-6-8-20(29)9-7-19/h2-9,16,21H,10-15,17H2,1H3,(H,30,31)(H,32,37). The Morgan fingerprint density at radius 2 is 1.87 bits per heavy atom. The van der Waals surface area contributed by atoms with E-state index in [9.17, 15) is 9.18 Å². The average Bonchev–Trinajstić information content (AvgIpc) is 3.45. The van der Waals surface area contributed by atoms with E-state index >= 15 is 0 Å². The maximum Gasteiger partial charge on any atom is 0.263 e. The minimum Gasteiger partial charge on any atom is -0.353 e.